The summed E-state index contributed by atoms with van der Waals surface area (Å²) in [6, 6.07) is 14.2. The van der Waals surface area contributed by atoms with Crippen molar-refractivity contribution in [3.8, 4) is 0 Å². The number of hydrogen-bond acceptors (Lipinski definition) is 3. The van der Waals surface area contributed by atoms with E-state index in [1.165, 1.54) is 11.1 Å². The minimum Gasteiger partial charge on any atom is -0.330 e. The van der Waals surface area contributed by atoms with Gasteiger partial charge in [-0.3, -0.25) is 0 Å². The summed E-state index contributed by atoms with van der Waals surface area (Å²) in [6.45, 7) is 0.675. The number of aryl methyl sites for hydroxylation is 1. The van der Waals surface area contributed by atoms with Gasteiger partial charge < -0.3 is 5.73 Å². The molecule has 0 bridgehead atoms. The average Bonchev–Trinajstić information content (AvgIpc) is 2.56. The summed E-state index contributed by atoms with van der Waals surface area (Å²) in [7, 11) is -3.43. The van der Waals surface area contributed by atoms with Gasteiger partial charge in [-0.15, -0.1) is 0 Å². The van der Waals surface area contributed by atoms with E-state index >= 15 is 0 Å². The molecular weight excluding hydrogens is 294 g/mol. The number of nitrogens with two attached hydrogens (primary N) is 1. The van der Waals surface area contributed by atoms with Gasteiger partial charge in [-0.1, -0.05) is 24.3 Å². The number of benzene rings is 2. The highest BCUT2D eigenvalue weighted by Gasteiger charge is 2.23. The molecule has 2 aromatic rings. The molecule has 22 heavy (non-hydrogen) atoms. The maximum atomic E-state index is 12.7. The van der Waals surface area contributed by atoms with Crippen LogP contribution < -0.4 is 5.73 Å². The van der Waals surface area contributed by atoms with Crippen LogP contribution >= 0.6 is 0 Å². The van der Waals surface area contributed by atoms with Crippen LogP contribution in [0.1, 0.15) is 36.3 Å². The van der Waals surface area contributed by atoms with Gasteiger partial charge in [0, 0.05) is 0 Å². The molecule has 0 fully saturated rings. The van der Waals surface area contributed by atoms with Crippen LogP contribution in [0.2, 0.25) is 0 Å². The SMILES string of the molecule is NCCC1CCCc2cc(S(=O)(=O)c3ccccc3)ccc21. The van der Waals surface area contributed by atoms with Crippen LogP contribution in [0.5, 0.6) is 0 Å². The minimum atomic E-state index is -3.43. The number of hydrogen-bond donors (Lipinski definition) is 1. The van der Waals surface area contributed by atoms with E-state index in [1.807, 2.05) is 18.2 Å². The summed E-state index contributed by atoms with van der Waals surface area (Å²) in [5.41, 5.74) is 8.15. The van der Waals surface area contributed by atoms with Crippen LogP contribution in [0.25, 0.3) is 0 Å². The fourth-order valence-corrected chi connectivity index (χ4v) is 4.63. The van der Waals surface area contributed by atoms with Crippen molar-refractivity contribution in [2.75, 3.05) is 6.54 Å². The molecule has 2 N–H and O–H groups in total. The third-order valence-electron chi connectivity index (χ3n) is 4.43. The lowest BCUT2D eigenvalue weighted by Crippen LogP contribution is -2.14. The first-order valence-corrected chi connectivity index (χ1v) is 9.24. The van der Waals surface area contributed by atoms with Crippen LogP contribution in [0, 0.1) is 0 Å². The standard InChI is InChI=1S/C18H21NO2S/c19-12-11-14-5-4-6-15-13-17(9-10-18(14)15)22(20,21)16-7-2-1-3-8-16/h1-3,7-10,13-14H,4-6,11-12,19H2. The predicted molar refractivity (Wildman–Crippen MR) is 87.7 cm³/mol. The smallest absolute Gasteiger partial charge is 0.206 e. The summed E-state index contributed by atoms with van der Waals surface area (Å²) >= 11 is 0. The van der Waals surface area contributed by atoms with Crippen molar-refractivity contribution >= 4 is 9.84 Å². The van der Waals surface area contributed by atoms with Crippen molar-refractivity contribution in [1.29, 1.82) is 0 Å². The van der Waals surface area contributed by atoms with Gasteiger partial charge in [0.2, 0.25) is 9.84 Å². The topological polar surface area (TPSA) is 60.2 Å². The zero-order valence-electron chi connectivity index (χ0n) is 12.5. The zero-order chi connectivity index (χ0) is 15.6. The van der Waals surface area contributed by atoms with E-state index in [2.05, 4.69) is 0 Å². The van der Waals surface area contributed by atoms with Gasteiger partial charge in [0.25, 0.3) is 0 Å². The second-order valence-corrected chi connectivity index (χ2v) is 7.79. The second kappa shape index (κ2) is 6.23. The molecule has 0 aromatic heterocycles. The molecule has 0 amide bonds. The van der Waals surface area contributed by atoms with Crippen molar-refractivity contribution in [3.05, 3.63) is 59.7 Å². The van der Waals surface area contributed by atoms with Gasteiger partial charge in [0.05, 0.1) is 9.79 Å². The minimum absolute atomic E-state index is 0.351. The molecular formula is C18H21NO2S. The maximum absolute atomic E-state index is 12.7. The molecule has 0 saturated carbocycles. The molecule has 1 aliphatic carbocycles. The monoisotopic (exact) mass is 315 g/mol. The van der Waals surface area contributed by atoms with Gasteiger partial charge in [-0.05, 0) is 73.5 Å². The number of sulfone groups is 1. The van der Waals surface area contributed by atoms with Gasteiger partial charge in [0.1, 0.15) is 0 Å². The van der Waals surface area contributed by atoms with Gasteiger partial charge in [0.15, 0.2) is 0 Å². The van der Waals surface area contributed by atoms with Crippen molar-refractivity contribution in [1.82, 2.24) is 0 Å². The van der Waals surface area contributed by atoms with E-state index in [4.69, 9.17) is 5.73 Å². The first kappa shape index (κ1) is 15.3. The highest BCUT2D eigenvalue weighted by atomic mass is 32.2. The maximum Gasteiger partial charge on any atom is 0.206 e. The van der Waals surface area contributed by atoms with Crippen molar-refractivity contribution in [2.24, 2.45) is 5.73 Å². The van der Waals surface area contributed by atoms with Gasteiger partial charge >= 0.3 is 0 Å². The molecule has 0 aliphatic heterocycles. The van der Waals surface area contributed by atoms with E-state index in [0.717, 1.165) is 25.7 Å². The Morgan fingerprint density at radius 3 is 2.55 bits per heavy atom. The number of fused-ring (bicyclic) bond motifs is 1. The normalized spacial score (nSPS) is 18.0. The van der Waals surface area contributed by atoms with Crippen LogP contribution in [-0.2, 0) is 16.3 Å². The third-order valence-corrected chi connectivity index (χ3v) is 6.20. The molecule has 0 spiro atoms. The van der Waals surface area contributed by atoms with Crippen molar-refractivity contribution < 1.29 is 8.42 Å². The summed E-state index contributed by atoms with van der Waals surface area (Å²) < 4.78 is 25.4. The summed E-state index contributed by atoms with van der Waals surface area (Å²) in [5, 5.41) is 0. The largest absolute Gasteiger partial charge is 0.330 e. The molecule has 0 radical (unpaired) electrons. The first-order chi connectivity index (χ1) is 10.6. The first-order valence-electron chi connectivity index (χ1n) is 7.76. The van der Waals surface area contributed by atoms with Crippen molar-refractivity contribution in [3.63, 3.8) is 0 Å². The Bertz CT molecular complexity index is 754. The lowest BCUT2D eigenvalue weighted by atomic mass is 9.81. The Hall–Kier alpha value is -1.65. The van der Waals surface area contributed by atoms with E-state index in [9.17, 15) is 8.42 Å². The van der Waals surface area contributed by atoms with Gasteiger partial charge in [-0.25, -0.2) is 8.42 Å². The van der Waals surface area contributed by atoms with Crippen LogP contribution in [0.4, 0.5) is 0 Å². The van der Waals surface area contributed by atoms with Crippen LogP contribution in [0.15, 0.2) is 58.3 Å². The predicted octanol–water partition coefficient (Wildman–Crippen LogP) is 3.29. The zero-order valence-corrected chi connectivity index (χ0v) is 13.4. The molecule has 0 saturated heterocycles. The Morgan fingerprint density at radius 1 is 1.05 bits per heavy atom. The molecule has 2 aromatic carbocycles. The van der Waals surface area contributed by atoms with Crippen molar-refractivity contribution in [2.45, 2.75) is 41.4 Å². The molecule has 3 nitrogen and oxygen atoms in total. The van der Waals surface area contributed by atoms with Gasteiger partial charge in [-0.2, -0.15) is 0 Å². The fraction of sp³-hybridized carbons (Fsp3) is 0.333. The molecule has 116 valence electrons. The summed E-state index contributed by atoms with van der Waals surface area (Å²) in [6.07, 6.45) is 4.17. The lowest BCUT2D eigenvalue weighted by Gasteiger charge is -2.25. The quantitative estimate of drug-likeness (QED) is 0.942. The Balaban J connectivity index is 2.01. The van der Waals surface area contributed by atoms with E-state index in [0.29, 0.717) is 22.3 Å². The Morgan fingerprint density at radius 2 is 1.82 bits per heavy atom. The molecule has 4 heteroatoms. The lowest BCUT2D eigenvalue weighted by molar-refractivity contribution is 0.524. The second-order valence-electron chi connectivity index (χ2n) is 5.84. The average molecular weight is 315 g/mol. The molecule has 1 atom stereocenters. The van der Waals surface area contributed by atoms with Crippen LogP contribution in [-0.4, -0.2) is 15.0 Å². The molecule has 3 rings (SSSR count). The number of rotatable bonds is 4. The third kappa shape index (κ3) is 2.81. The van der Waals surface area contributed by atoms with E-state index < -0.39 is 9.84 Å². The summed E-state index contributed by atoms with van der Waals surface area (Å²) in [4.78, 5) is 0.745. The Kier molecular flexibility index (Phi) is 4.32. The molecule has 1 aliphatic rings. The summed E-state index contributed by atoms with van der Waals surface area (Å²) in [5.74, 6) is 0.474. The molecule has 0 heterocycles. The molecule has 1 unspecified atom stereocenters. The highest BCUT2D eigenvalue weighted by Crippen LogP contribution is 2.35. The van der Waals surface area contributed by atoms with Crippen LogP contribution in [0.3, 0.4) is 0 Å². The highest BCUT2D eigenvalue weighted by molar-refractivity contribution is 7.91. The Labute approximate surface area is 132 Å². The fourth-order valence-electron chi connectivity index (χ4n) is 3.30. The van der Waals surface area contributed by atoms with E-state index in [-0.39, 0.29) is 0 Å². The van der Waals surface area contributed by atoms with E-state index in [1.54, 1.807) is 30.3 Å².